The molecule has 3 rings (SSSR count). The zero-order valence-corrected chi connectivity index (χ0v) is 17.2. The third-order valence-corrected chi connectivity index (χ3v) is 6.68. The molecule has 1 aliphatic heterocycles. The summed E-state index contributed by atoms with van der Waals surface area (Å²) < 4.78 is 13.3. The molecular formula is C21H29FN2O2S. The predicted octanol–water partition coefficient (Wildman–Crippen LogP) is 4.20. The third-order valence-electron chi connectivity index (χ3n) is 5.21. The summed E-state index contributed by atoms with van der Waals surface area (Å²) in [5.74, 6) is 0.373. The zero-order valence-electron chi connectivity index (χ0n) is 16.3. The van der Waals surface area contributed by atoms with Crippen LogP contribution in [0.3, 0.4) is 0 Å². The van der Waals surface area contributed by atoms with E-state index in [1.54, 1.807) is 16.7 Å². The lowest BCUT2D eigenvalue weighted by molar-refractivity contribution is -0.126. The molecule has 0 radical (unpaired) electrons. The number of hydrogen-bond donors (Lipinski definition) is 1. The highest BCUT2D eigenvalue weighted by Gasteiger charge is 2.45. The molecule has 6 heteroatoms. The van der Waals surface area contributed by atoms with Crippen molar-refractivity contribution in [3.05, 3.63) is 35.6 Å². The van der Waals surface area contributed by atoms with Crippen molar-refractivity contribution in [1.29, 1.82) is 0 Å². The zero-order chi connectivity index (χ0) is 19.6. The Bertz CT molecular complexity index is 680. The van der Waals surface area contributed by atoms with E-state index in [4.69, 9.17) is 0 Å². The van der Waals surface area contributed by atoms with Crippen LogP contribution < -0.4 is 5.32 Å². The molecule has 1 saturated heterocycles. The Balaban J connectivity index is 1.87. The molecule has 1 aliphatic carbocycles. The van der Waals surface area contributed by atoms with E-state index in [2.05, 4.69) is 5.32 Å². The van der Waals surface area contributed by atoms with Gasteiger partial charge in [0.2, 0.25) is 5.91 Å². The first kappa shape index (κ1) is 20.2. The van der Waals surface area contributed by atoms with Crippen LogP contribution in [0.15, 0.2) is 24.3 Å². The third kappa shape index (κ3) is 4.84. The molecule has 0 unspecified atom stereocenters. The van der Waals surface area contributed by atoms with Crippen LogP contribution in [0.2, 0.25) is 0 Å². The Morgan fingerprint density at radius 2 is 1.74 bits per heavy atom. The molecule has 2 fully saturated rings. The number of amides is 2. The van der Waals surface area contributed by atoms with Crippen LogP contribution in [0.1, 0.15) is 63.2 Å². The van der Waals surface area contributed by atoms with Gasteiger partial charge in [0.15, 0.2) is 0 Å². The fourth-order valence-corrected chi connectivity index (χ4v) is 5.60. The van der Waals surface area contributed by atoms with Gasteiger partial charge >= 0.3 is 0 Å². The van der Waals surface area contributed by atoms with Gasteiger partial charge in [-0.15, -0.1) is 11.8 Å². The molecule has 148 valence electrons. The van der Waals surface area contributed by atoms with Crippen LogP contribution in [-0.4, -0.2) is 39.4 Å². The van der Waals surface area contributed by atoms with Crippen LogP contribution in [0.25, 0.3) is 0 Å². The van der Waals surface area contributed by atoms with E-state index in [0.29, 0.717) is 17.2 Å². The van der Waals surface area contributed by atoms with E-state index < -0.39 is 6.04 Å². The highest BCUT2D eigenvalue weighted by atomic mass is 32.2. The number of rotatable bonds is 3. The molecule has 0 spiro atoms. The van der Waals surface area contributed by atoms with Gasteiger partial charge in [0, 0.05) is 16.9 Å². The molecule has 1 saturated carbocycles. The smallest absolute Gasteiger partial charge is 0.255 e. The summed E-state index contributed by atoms with van der Waals surface area (Å²) in [5, 5.41) is 3.04. The fourth-order valence-electron chi connectivity index (χ4n) is 3.96. The van der Waals surface area contributed by atoms with Crippen molar-refractivity contribution in [1.82, 2.24) is 10.2 Å². The monoisotopic (exact) mass is 392 g/mol. The largest absolute Gasteiger partial charge is 0.350 e. The Morgan fingerprint density at radius 3 is 2.33 bits per heavy atom. The van der Waals surface area contributed by atoms with E-state index >= 15 is 0 Å². The van der Waals surface area contributed by atoms with Crippen molar-refractivity contribution in [2.75, 3.05) is 5.75 Å². The number of carbonyl (C=O) groups excluding carboxylic acids is 2. The normalized spacial score (nSPS) is 24.1. The quantitative estimate of drug-likeness (QED) is 0.839. The molecule has 1 N–H and O–H groups in total. The predicted molar refractivity (Wildman–Crippen MR) is 107 cm³/mol. The molecular weight excluding hydrogens is 363 g/mol. The second-order valence-electron chi connectivity index (χ2n) is 8.60. The van der Waals surface area contributed by atoms with Gasteiger partial charge < -0.3 is 10.2 Å². The minimum absolute atomic E-state index is 0.0126. The van der Waals surface area contributed by atoms with Crippen molar-refractivity contribution in [2.45, 2.75) is 69.8 Å². The summed E-state index contributed by atoms with van der Waals surface area (Å²) >= 11 is 1.72. The molecule has 1 aromatic rings. The minimum Gasteiger partial charge on any atom is -0.350 e. The SMILES string of the molecule is CC(C)(C)NC(=O)[C@@H]1CS[C@H](C2CCCCC2)N1C(=O)c1ccc(F)cc1. The number of nitrogens with one attached hydrogen (secondary N) is 1. The van der Waals surface area contributed by atoms with Gasteiger partial charge in [-0.3, -0.25) is 9.59 Å². The highest BCUT2D eigenvalue weighted by Crippen LogP contribution is 2.41. The van der Waals surface area contributed by atoms with Crippen molar-refractivity contribution in [2.24, 2.45) is 5.92 Å². The number of halogens is 1. The van der Waals surface area contributed by atoms with Gasteiger partial charge in [-0.1, -0.05) is 19.3 Å². The number of hydrogen-bond acceptors (Lipinski definition) is 3. The summed E-state index contributed by atoms with van der Waals surface area (Å²) in [6.45, 7) is 5.83. The van der Waals surface area contributed by atoms with Gasteiger partial charge in [-0.05, 0) is 63.8 Å². The maximum Gasteiger partial charge on any atom is 0.255 e. The summed E-state index contributed by atoms with van der Waals surface area (Å²) in [7, 11) is 0. The number of benzene rings is 1. The summed E-state index contributed by atoms with van der Waals surface area (Å²) in [6.07, 6.45) is 5.79. The van der Waals surface area contributed by atoms with Crippen LogP contribution in [0.4, 0.5) is 4.39 Å². The topological polar surface area (TPSA) is 49.4 Å². The molecule has 0 bridgehead atoms. The van der Waals surface area contributed by atoms with Crippen molar-refractivity contribution in [3.8, 4) is 0 Å². The van der Waals surface area contributed by atoms with Crippen LogP contribution in [0.5, 0.6) is 0 Å². The van der Waals surface area contributed by atoms with Gasteiger partial charge in [-0.2, -0.15) is 0 Å². The van der Waals surface area contributed by atoms with Gasteiger partial charge in [0.25, 0.3) is 5.91 Å². The Kier molecular flexibility index (Phi) is 6.14. The van der Waals surface area contributed by atoms with E-state index in [9.17, 15) is 14.0 Å². The lowest BCUT2D eigenvalue weighted by Gasteiger charge is -2.36. The second-order valence-corrected chi connectivity index (χ2v) is 9.75. The fraction of sp³-hybridized carbons (Fsp3) is 0.619. The first-order chi connectivity index (χ1) is 12.8. The summed E-state index contributed by atoms with van der Waals surface area (Å²) in [5.41, 5.74) is 0.0863. The first-order valence-corrected chi connectivity index (χ1v) is 10.8. The number of nitrogens with zero attached hydrogens (tertiary/aromatic N) is 1. The molecule has 27 heavy (non-hydrogen) atoms. The molecule has 2 amide bonds. The van der Waals surface area contributed by atoms with Crippen molar-refractivity contribution >= 4 is 23.6 Å². The summed E-state index contributed by atoms with van der Waals surface area (Å²) in [6, 6.07) is 5.14. The Hall–Kier alpha value is -1.56. The molecule has 1 aromatic carbocycles. The maximum atomic E-state index is 13.3. The molecule has 2 atom stereocenters. The first-order valence-electron chi connectivity index (χ1n) is 9.78. The molecule has 2 aliphatic rings. The van der Waals surface area contributed by atoms with Crippen LogP contribution >= 0.6 is 11.8 Å². The second kappa shape index (κ2) is 8.21. The Labute approximate surface area is 165 Å². The van der Waals surface area contributed by atoms with Gasteiger partial charge in [-0.25, -0.2) is 4.39 Å². The van der Waals surface area contributed by atoms with Gasteiger partial charge in [0.1, 0.15) is 11.9 Å². The van der Waals surface area contributed by atoms with Gasteiger partial charge in [0.05, 0.1) is 5.37 Å². The van der Waals surface area contributed by atoms with E-state index in [0.717, 1.165) is 12.8 Å². The number of carbonyl (C=O) groups is 2. The average Bonchev–Trinajstić information content (AvgIpc) is 3.06. The van der Waals surface area contributed by atoms with E-state index in [-0.39, 0.29) is 28.5 Å². The summed E-state index contributed by atoms with van der Waals surface area (Å²) in [4.78, 5) is 28.0. The highest BCUT2D eigenvalue weighted by molar-refractivity contribution is 8.00. The van der Waals surface area contributed by atoms with E-state index in [1.165, 1.54) is 43.5 Å². The van der Waals surface area contributed by atoms with Crippen molar-refractivity contribution in [3.63, 3.8) is 0 Å². The molecule has 4 nitrogen and oxygen atoms in total. The average molecular weight is 393 g/mol. The molecule has 0 aromatic heterocycles. The molecule has 1 heterocycles. The lowest BCUT2D eigenvalue weighted by Crippen LogP contribution is -2.54. The van der Waals surface area contributed by atoms with Crippen LogP contribution in [0, 0.1) is 11.7 Å². The lowest BCUT2D eigenvalue weighted by atomic mass is 9.88. The minimum atomic E-state index is -0.487. The standard InChI is InChI=1S/C21H29FN2O2S/c1-21(2,3)23-18(25)17-13-27-20(15-7-5-4-6-8-15)24(17)19(26)14-9-11-16(22)12-10-14/h9-12,15,17,20H,4-8,13H2,1-3H3,(H,23,25)/t17-,20+/m0/s1. The number of thioether (sulfide) groups is 1. The Morgan fingerprint density at radius 1 is 1.11 bits per heavy atom. The maximum absolute atomic E-state index is 13.3. The van der Waals surface area contributed by atoms with Crippen LogP contribution in [-0.2, 0) is 4.79 Å². The van der Waals surface area contributed by atoms with E-state index in [1.807, 2.05) is 20.8 Å². The van der Waals surface area contributed by atoms with Crippen molar-refractivity contribution < 1.29 is 14.0 Å².